The van der Waals surface area contributed by atoms with Crippen molar-refractivity contribution in [3.63, 3.8) is 0 Å². The summed E-state index contributed by atoms with van der Waals surface area (Å²) >= 11 is 0. The third kappa shape index (κ3) is 5.37. The summed E-state index contributed by atoms with van der Waals surface area (Å²) in [6.45, 7) is -1.78. The van der Waals surface area contributed by atoms with E-state index < -0.39 is 56.5 Å². The number of hydrogen-bond acceptors (Lipinski definition) is 8. The Hall–Kier alpha value is -4.15. The van der Waals surface area contributed by atoms with E-state index in [0.717, 1.165) is 30.7 Å². The van der Waals surface area contributed by atoms with Crippen molar-refractivity contribution in [2.75, 3.05) is 11.6 Å². The number of benzene rings is 1. The smallest absolute Gasteiger partial charge is 0.305 e. The highest BCUT2D eigenvalue weighted by molar-refractivity contribution is 7.89. The van der Waals surface area contributed by atoms with Gasteiger partial charge in [0.25, 0.3) is 0 Å². The summed E-state index contributed by atoms with van der Waals surface area (Å²) in [5, 5.41) is 5.44. The zero-order valence-electron chi connectivity index (χ0n) is 23.1. The van der Waals surface area contributed by atoms with E-state index in [1.165, 1.54) is 36.0 Å². The Kier molecular flexibility index (Phi) is 7.33. The van der Waals surface area contributed by atoms with Gasteiger partial charge in [0.1, 0.15) is 28.8 Å². The lowest BCUT2D eigenvalue weighted by Gasteiger charge is -2.46. The van der Waals surface area contributed by atoms with Crippen molar-refractivity contribution in [1.82, 2.24) is 30.0 Å². The van der Waals surface area contributed by atoms with Crippen LogP contribution < -0.4 is 16.0 Å². The van der Waals surface area contributed by atoms with Gasteiger partial charge in [-0.3, -0.25) is 19.5 Å². The molecule has 0 amide bonds. The highest BCUT2D eigenvalue weighted by Crippen LogP contribution is 2.53. The molecule has 0 bridgehead atoms. The van der Waals surface area contributed by atoms with E-state index in [2.05, 4.69) is 21.0 Å². The molecule has 0 spiro atoms. The van der Waals surface area contributed by atoms with Crippen LogP contribution in [-0.2, 0) is 17.1 Å². The molecule has 2 atom stereocenters. The molecule has 1 aliphatic heterocycles. The summed E-state index contributed by atoms with van der Waals surface area (Å²) in [6, 6.07) is 6.39. The van der Waals surface area contributed by atoms with Gasteiger partial charge in [-0.15, -0.1) is 5.53 Å². The number of carbonyl (C=O) groups is 1. The molecule has 232 valence electrons. The number of nitrogens with zero attached hydrogens (tertiary/aromatic N) is 5. The molecule has 2 aromatic heterocycles. The molecule has 3 aliphatic rings. The number of anilines is 1. The minimum absolute atomic E-state index is 0.0208. The number of ketones is 1. The number of halogens is 5. The summed E-state index contributed by atoms with van der Waals surface area (Å²) in [5.41, 5.74) is 6.33. The van der Waals surface area contributed by atoms with Crippen molar-refractivity contribution in [1.29, 1.82) is 0 Å². The Morgan fingerprint density at radius 3 is 2.57 bits per heavy atom. The molecule has 1 fully saturated rings. The first-order valence-electron chi connectivity index (χ1n) is 13.5. The van der Waals surface area contributed by atoms with Gasteiger partial charge in [0, 0.05) is 38.0 Å². The lowest BCUT2D eigenvalue weighted by Crippen LogP contribution is -2.52. The fourth-order valence-electron chi connectivity index (χ4n) is 6.12. The summed E-state index contributed by atoms with van der Waals surface area (Å²) in [4.78, 5) is 17.9. The third-order valence-electron chi connectivity index (χ3n) is 8.11. The van der Waals surface area contributed by atoms with Gasteiger partial charge in [-0.25, -0.2) is 17.2 Å². The lowest BCUT2D eigenvalue weighted by atomic mass is 9.61. The first-order chi connectivity index (χ1) is 20.8. The Bertz CT molecular complexity index is 1790. The number of sulfonamides is 1. The average molecular weight is 636 g/mol. The number of hydrazine groups is 2. The molecule has 2 N–H and O–H groups in total. The zero-order chi connectivity index (χ0) is 31.4. The van der Waals surface area contributed by atoms with E-state index in [4.69, 9.17) is 0 Å². The van der Waals surface area contributed by atoms with E-state index in [1.54, 1.807) is 11.1 Å². The molecule has 3 aromatic rings. The van der Waals surface area contributed by atoms with Crippen LogP contribution in [0, 0.1) is 17.0 Å². The molecule has 16 heteroatoms. The fourth-order valence-corrected chi connectivity index (χ4v) is 7.74. The van der Waals surface area contributed by atoms with E-state index in [0.29, 0.717) is 27.0 Å². The largest absolute Gasteiger partial charge is 0.402 e. The van der Waals surface area contributed by atoms with Gasteiger partial charge < -0.3 is 5.43 Å². The first-order valence-corrected chi connectivity index (χ1v) is 15.0. The Morgan fingerprint density at radius 2 is 1.91 bits per heavy atom. The van der Waals surface area contributed by atoms with Gasteiger partial charge in [0.2, 0.25) is 10.0 Å². The van der Waals surface area contributed by atoms with Crippen molar-refractivity contribution >= 4 is 21.5 Å². The number of carbonyl (C=O) groups excluding carboxylic acids is 1. The van der Waals surface area contributed by atoms with Crippen molar-refractivity contribution in [3.8, 4) is 0 Å². The molecule has 2 aliphatic carbocycles. The van der Waals surface area contributed by atoms with Gasteiger partial charge >= 0.3 is 6.18 Å². The Balaban J connectivity index is 1.43. The van der Waals surface area contributed by atoms with Crippen LogP contribution in [0.5, 0.6) is 0 Å². The number of alkyl halides is 3. The summed E-state index contributed by atoms with van der Waals surface area (Å²) in [7, 11) is -3.26. The maximum Gasteiger partial charge on any atom is 0.402 e. The van der Waals surface area contributed by atoms with Crippen LogP contribution in [0.3, 0.4) is 0 Å². The normalized spacial score (nSPS) is 22.0. The molecule has 1 saturated carbocycles. The number of fused-ring (bicyclic) bond motifs is 1. The van der Waals surface area contributed by atoms with E-state index >= 15 is 0 Å². The van der Waals surface area contributed by atoms with Crippen molar-refractivity contribution in [3.05, 3.63) is 95.4 Å². The maximum atomic E-state index is 14.3. The molecule has 0 saturated heterocycles. The summed E-state index contributed by atoms with van der Waals surface area (Å²) in [5.74, 6) is -1.81. The van der Waals surface area contributed by atoms with Gasteiger partial charge in [-0.2, -0.15) is 22.6 Å². The van der Waals surface area contributed by atoms with Crippen LogP contribution in [0.4, 0.5) is 27.6 Å². The third-order valence-corrected chi connectivity index (χ3v) is 9.96. The molecular weight excluding hydrogens is 609 g/mol. The predicted octanol–water partition coefficient (Wildman–Crippen LogP) is 4.14. The minimum Gasteiger partial charge on any atom is -0.305 e. The molecule has 1 aromatic carbocycles. The second-order valence-corrected chi connectivity index (χ2v) is 12.8. The van der Waals surface area contributed by atoms with E-state index in [1.807, 2.05) is 0 Å². The predicted molar refractivity (Wildman–Crippen MR) is 147 cm³/mol. The van der Waals surface area contributed by atoms with Gasteiger partial charge in [0.15, 0.2) is 5.78 Å². The van der Waals surface area contributed by atoms with Crippen LogP contribution in [0.15, 0.2) is 82.9 Å². The average Bonchev–Trinajstić information content (AvgIpc) is 3.60. The SMILES string of the molecule is Cn1cc(S(=O)(=O)N(CC(F)(F)F)[C@H]2CCC3=CC4=C(C[C@]3(C(=O)c3cc(F)ccn3)C2)NNN4c2ccc(F)cc2)cn1. The molecule has 10 nitrogen and oxygen atoms in total. The van der Waals surface area contributed by atoms with Crippen molar-refractivity contribution in [2.24, 2.45) is 12.5 Å². The van der Waals surface area contributed by atoms with Gasteiger partial charge in [-0.05, 0) is 55.7 Å². The van der Waals surface area contributed by atoms with Crippen molar-refractivity contribution in [2.45, 2.75) is 42.8 Å². The molecule has 44 heavy (non-hydrogen) atoms. The van der Waals surface area contributed by atoms with Gasteiger partial charge in [0.05, 0.1) is 28.7 Å². The second-order valence-electron chi connectivity index (χ2n) is 10.9. The van der Waals surface area contributed by atoms with Crippen molar-refractivity contribution < 1.29 is 35.2 Å². The van der Waals surface area contributed by atoms with Crippen LogP contribution in [0.25, 0.3) is 0 Å². The van der Waals surface area contributed by atoms with Gasteiger partial charge in [-0.1, -0.05) is 5.57 Å². The minimum atomic E-state index is -4.89. The number of pyridine rings is 1. The van der Waals surface area contributed by atoms with Crippen LogP contribution in [0.2, 0.25) is 0 Å². The Labute approximate surface area is 248 Å². The zero-order valence-corrected chi connectivity index (χ0v) is 24.0. The second kappa shape index (κ2) is 10.8. The molecule has 6 rings (SSSR count). The lowest BCUT2D eigenvalue weighted by molar-refractivity contribution is -0.140. The number of aromatic nitrogens is 3. The highest BCUT2D eigenvalue weighted by Gasteiger charge is 2.54. The topological polar surface area (TPSA) is 112 Å². The maximum absolute atomic E-state index is 14.3. The molecule has 0 radical (unpaired) electrons. The quantitative estimate of drug-likeness (QED) is 0.295. The number of rotatable bonds is 7. The van der Waals surface area contributed by atoms with E-state index in [9.17, 15) is 35.2 Å². The molecule has 3 heterocycles. The number of Topliss-reactive ketones (excluding diaryl/α,β-unsaturated/α-hetero) is 1. The monoisotopic (exact) mass is 635 g/mol. The highest BCUT2D eigenvalue weighted by atomic mass is 32.2. The number of hydrogen-bond donors (Lipinski definition) is 2. The van der Waals surface area contributed by atoms with Crippen LogP contribution in [-0.4, -0.2) is 52.0 Å². The molecule has 0 unspecified atom stereocenters. The molecular formula is C28H26F5N7O3S. The Morgan fingerprint density at radius 1 is 1.16 bits per heavy atom. The van der Waals surface area contributed by atoms with Crippen LogP contribution >= 0.6 is 0 Å². The first kappa shape index (κ1) is 29.9. The number of allylic oxidation sites excluding steroid dienone is 3. The fraction of sp³-hybridized carbons (Fsp3) is 0.321. The number of aryl methyl sites for hydroxylation is 1. The summed E-state index contributed by atoms with van der Waals surface area (Å²) in [6.07, 6.45) is -0.317. The number of nitrogens with one attached hydrogen (secondary N) is 2. The summed E-state index contributed by atoms with van der Waals surface area (Å²) < 4.78 is 98.3. The van der Waals surface area contributed by atoms with E-state index in [-0.39, 0.29) is 31.4 Å². The standard InChI is InChI=1S/C28H26F5N7O3S/c1-38-15-22(14-35-38)44(42,43)39(16-28(31,32)33)21-5-2-17-10-25-24(36-37-40(25)20-6-3-18(29)4-7-20)13-27(17,12-21)26(41)23-11-19(30)8-9-34-23/h3-4,6-11,14-15,21,36-37H,2,5,12-13,16H2,1H3/t21-,27+/m0/s1. The van der Waals surface area contributed by atoms with Crippen LogP contribution in [0.1, 0.15) is 36.2 Å².